The number of rotatable bonds is 5. The van der Waals surface area contributed by atoms with E-state index >= 15 is 0 Å². The summed E-state index contributed by atoms with van der Waals surface area (Å²) in [7, 11) is 0. The van der Waals surface area contributed by atoms with Crippen LogP contribution in [-0.4, -0.2) is 16.1 Å². The predicted molar refractivity (Wildman–Crippen MR) is 98.1 cm³/mol. The van der Waals surface area contributed by atoms with Crippen molar-refractivity contribution in [1.82, 2.24) is 0 Å². The Bertz CT molecular complexity index is 705. The van der Waals surface area contributed by atoms with Gasteiger partial charge in [-0.1, -0.05) is 97.4 Å². The SMILES string of the molecule is CC(C)(C)C(Br)(C(=O)OCc1ccccc1)C(=O)c1ccccc1. The summed E-state index contributed by atoms with van der Waals surface area (Å²) in [5.41, 5.74) is 0.691. The van der Waals surface area contributed by atoms with Gasteiger partial charge in [0.25, 0.3) is 0 Å². The molecule has 4 heteroatoms. The first-order valence-electron chi connectivity index (χ1n) is 7.76. The fourth-order valence-corrected chi connectivity index (χ4v) is 2.69. The summed E-state index contributed by atoms with van der Waals surface area (Å²) in [6, 6.07) is 18.2. The Kier molecular flexibility index (Phi) is 5.60. The number of ketones is 1. The largest absolute Gasteiger partial charge is 0.459 e. The van der Waals surface area contributed by atoms with Gasteiger partial charge in [-0.05, 0) is 11.0 Å². The van der Waals surface area contributed by atoms with E-state index in [2.05, 4.69) is 15.9 Å². The zero-order chi connectivity index (χ0) is 17.8. The van der Waals surface area contributed by atoms with E-state index in [9.17, 15) is 9.59 Å². The average molecular weight is 389 g/mol. The van der Waals surface area contributed by atoms with Gasteiger partial charge >= 0.3 is 5.97 Å². The molecule has 0 amide bonds. The topological polar surface area (TPSA) is 43.4 Å². The molecule has 24 heavy (non-hydrogen) atoms. The molecule has 2 aromatic rings. The number of hydrogen-bond acceptors (Lipinski definition) is 3. The van der Waals surface area contributed by atoms with Crippen LogP contribution in [0.15, 0.2) is 60.7 Å². The first-order chi connectivity index (χ1) is 11.3. The Morgan fingerprint density at radius 3 is 1.92 bits per heavy atom. The molecule has 0 aliphatic heterocycles. The minimum Gasteiger partial charge on any atom is -0.459 e. The highest BCUT2D eigenvalue weighted by molar-refractivity contribution is 9.10. The summed E-state index contributed by atoms with van der Waals surface area (Å²) in [6.07, 6.45) is 0. The van der Waals surface area contributed by atoms with Gasteiger partial charge in [0.1, 0.15) is 6.61 Å². The van der Waals surface area contributed by atoms with Gasteiger partial charge in [0.2, 0.25) is 0 Å². The first kappa shape index (κ1) is 18.4. The van der Waals surface area contributed by atoms with Crippen LogP contribution in [0.1, 0.15) is 36.7 Å². The number of Topliss-reactive ketones (excluding diaryl/α,β-unsaturated/α-hetero) is 1. The second-order valence-electron chi connectivity index (χ2n) is 6.67. The van der Waals surface area contributed by atoms with Gasteiger partial charge in [0.15, 0.2) is 10.1 Å². The molecule has 0 saturated carbocycles. The molecular weight excluding hydrogens is 368 g/mol. The Hall–Kier alpha value is -1.94. The Morgan fingerprint density at radius 1 is 0.917 bits per heavy atom. The monoisotopic (exact) mass is 388 g/mol. The Morgan fingerprint density at radius 2 is 1.42 bits per heavy atom. The zero-order valence-electron chi connectivity index (χ0n) is 14.1. The van der Waals surface area contributed by atoms with Crippen LogP contribution >= 0.6 is 15.9 Å². The minimum atomic E-state index is -1.45. The molecule has 2 aromatic carbocycles. The number of ether oxygens (including phenoxy) is 1. The van der Waals surface area contributed by atoms with Gasteiger partial charge in [0, 0.05) is 5.56 Å². The van der Waals surface area contributed by atoms with Crippen molar-refractivity contribution in [3.05, 3.63) is 71.8 Å². The highest BCUT2D eigenvalue weighted by Crippen LogP contribution is 2.42. The van der Waals surface area contributed by atoms with E-state index < -0.39 is 15.7 Å². The maximum absolute atomic E-state index is 13.0. The first-order valence-corrected chi connectivity index (χ1v) is 8.56. The van der Waals surface area contributed by atoms with Gasteiger partial charge in [-0.2, -0.15) is 0 Å². The van der Waals surface area contributed by atoms with Crippen molar-refractivity contribution in [3.63, 3.8) is 0 Å². The third-order valence-electron chi connectivity index (χ3n) is 3.88. The molecule has 0 aromatic heterocycles. The second-order valence-corrected chi connectivity index (χ2v) is 7.85. The molecular formula is C20H21BrO3. The number of carbonyl (C=O) groups excluding carboxylic acids is 2. The van der Waals surface area contributed by atoms with Crippen molar-refractivity contribution < 1.29 is 14.3 Å². The molecule has 0 bridgehead atoms. The van der Waals surface area contributed by atoms with Crippen LogP contribution in [0.2, 0.25) is 0 Å². The molecule has 3 nitrogen and oxygen atoms in total. The third kappa shape index (κ3) is 3.75. The Labute approximate surface area is 151 Å². The predicted octanol–water partition coefficient (Wildman–Crippen LogP) is 4.79. The van der Waals surface area contributed by atoms with Crippen molar-refractivity contribution in [3.8, 4) is 0 Å². The van der Waals surface area contributed by atoms with Crippen LogP contribution in [0.5, 0.6) is 0 Å². The zero-order valence-corrected chi connectivity index (χ0v) is 15.7. The van der Waals surface area contributed by atoms with Crippen LogP contribution < -0.4 is 0 Å². The summed E-state index contributed by atoms with van der Waals surface area (Å²) in [5, 5.41) is 0. The van der Waals surface area contributed by atoms with Crippen LogP contribution in [-0.2, 0) is 16.1 Å². The lowest BCUT2D eigenvalue weighted by Crippen LogP contribution is -2.52. The summed E-state index contributed by atoms with van der Waals surface area (Å²) in [5.74, 6) is -0.874. The van der Waals surface area contributed by atoms with Crippen LogP contribution in [0.4, 0.5) is 0 Å². The Balaban J connectivity index is 2.27. The molecule has 0 aliphatic carbocycles. The van der Waals surface area contributed by atoms with Crippen LogP contribution in [0.25, 0.3) is 0 Å². The molecule has 0 radical (unpaired) electrons. The van der Waals surface area contributed by atoms with E-state index in [1.165, 1.54) is 0 Å². The summed E-state index contributed by atoms with van der Waals surface area (Å²) >= 11 is 3.42. The van der Waals surface area contributed by atoms with Crippen molar-refractivity contribution in [2.24, 2.45) is 5.41 Å². The lowest BCUT2D eigenvalue weighted by atomic mass is 9.76. The molecule has 1 unspecified atom stereocenters. The normalized spacial score (nSPS) is 13.8. The molecule has 0 aliphatic rings. The number of alkyl halides is 1. The third-order valence-corrected chi connectivity index (χ3v) is 5.75. The summed E-state index contributed by atoms with van der Waals surface area (Å²) in [4.78, 5) is 25.8. The van der Waals surface area contributed by atoms with E-state index in [0.29, 0.717) is 5.56 Å². The van der Waals surface area contributed by atoms with Gasteiger partial charge < -0.3 is 4.74 Å². The summed E-state index contributed by atoms with van der Waals surface area (Å²) < 4.78 is 4.01. The lowest BCUT2D eigenvalue weighted by molar-refractivity contribution is -0.148. The number of hydrogen-bond donors (Lipinski definition) is 0. The average Bonchev–Trinajstić information content (AvgIpc) is 2.59. The van der Waals surface area contributed by atoms with Gasteiger partial charge in [0.05, 0.1) is 0 Å². The quantitative estimate of drug-likeness (QED) is 0.320. The molecule has 0 heterocycles. The van der Waals surface area contributed by atoms with E-state index in [4.69, 9.17) is 4.74 Å². The van der Waals surface area contributed by atoms with E-state index in [1.54, 1.807) is 24.3 Å². The van der Waals surface area contributed by atoms with E-state index in [-0.39, 0.29) is 12.4 Å². The number of halogens is 1. The smallest absolute Gasteiger partial charge is 0.331 e. The molecule has 1 atom stereocenters. The molecule has 0 fully saturated rings. The maximum Gasteiger partial charge on any atom is 0.331 e. The summed E-state index contributed by atoms with van der Waals surface area (Å²) in [6.45, 7) is 5.65. The van der Waals surface area contributed by atoms with Crippen molar-refractivity contribution in [1.29, 1.82) is 0 Å². The number of benzene rings is 2. The fraction of sp³-hybridized carbons (Fsp3) is 0.300. The second kappa shape index (κ2) is 7.31. The molecule has 0 saturated heterocycles. The number of carbonyl (C=O) groups is 2. The maximum atomic E-state index is 13.0. The van der Waals surface area contributed by atoms with Crippen LogP contribution in [0, 0.1) is 5.41 Å². The molecule has 0 N–H and O–H groups in total. The van der Waals surface area contributed by atoms with Gasteiger partial charge in [-0.3, -0.25) is 9.59 Å². The minimum absolute atomic E-state index is 0.130. The standard InChI is InChI=1S/C20H21BrO3/c1-19(2,3)20(21,17(22)16-12-8-5-9-13-16)18(23)24-14-15-10-6-4-7-11-15/h4-13H,14H2,1-3H3. The van der Waals surface area contributed by atoms with Crippen molar-refractivity contribution in [2.75, 3.05) is 0 Å². The number of esters is 1. The fourth-order valence-electron chi connectivity index (χ4n) is 2.35. The van der Waals surface area contributed by atoms with Crippen molar-refractivity contribution >= 4 is 27.7 Å². The van der Waals surface area contributed by atoms with E-state index in [0.717, 1.165) is 5.56 Å². The molecule has 126 valence electrons. The molecule has 0 spiro atoms. The van der Waals surface area contributed by atoms with Crippen LogP contribution in [0.3, 0.4) is 0 Å². The highest BCUT2D eigenvalue weighted by atomic mass is 79.9. The van der Waals surface area contributed by atoms with Crippen molar-refractivity contribution in [2.45, 2.75) is 31.7 Å². The van der Waals surface area contributed by atoms with E-state index in [1.807, 2.05) is 57.2 Å². The van der Waals surface area contributed by atoms with Gasteiger partial charge in [-0.15, -0.1) is 0 Å². The van der Waals surface area contributed by atoms with Gasteiger partial charge in [-0.25, -0.2) is 0 Å². The highest BCUT2D eigenvalue weighted by Gasteiger charge is 2.54. The lowest BCUT2D eigenvalue weighted by Gasteiger charge is -2.36. The molecule has 2 rings (SSSR count).